The summed E-state index contributed by atoms with van der Waals surface area (Å²) in [5.41, 5.74) is 5.83. The zero-order chi connectivity index (χ0) is 11.7. The molecule has 2 heteroatoms. The molecule has 1 heterocycles. The van der Waals surface area contributed by atoms with Gasteiger partial charge >= 0.3 is 0 Å². The molecule has 0 spiro atoms. The van der Waals surface area contributed by atoms with Gasteiger partial charge in [-0.1, -0.05) is 25.3 Å². The lowest BCUT2D eigenvalue weighted by Gasteiger charge is -2.03. The van der Waals surface area contributed by atoms with Gasteiger partial charge in [0.15, 0.2) is 0 Å². The van der Waals surface area contributed by atoms with Crippen molar-refractivity contribution in [3.8, 4) is 0 Å². The predicted molar refractivity (Wildman–Crippen MR) is 67.6 cm³/mol. The SMILES string of the molecule is C=C(C)C1=C(/C=C\C)c2nccnc2C1=C. The van der Waals surface area contributed by atoms with Crippen LogP contribution in [0.4, 0.5) is 0 Å². The summed E-state index contributed by atoms with van der Waals surface area (Å²) in [5, 5.41) is 0. The Labute approximate surface area is 95.8 Å². The van der Waals surface area contributed by atoms with E-state index < -0.39 is 0 Å². The fourth-order valence-corrected chi connectivity index (χ4v) is 1.97. The van der Waals surface area contributed by atoms with Crippen LogP contribution in [0.5, 0.6) is 0 Å². The molecule has 1 aliphatic rings. The normalized spacial score (nSPS) is 14.8. The molecule has 2 nitrogen and oxygen atoms in total. The van der Waals surface area contributed by atoms with Gasteiger partial charge in [0.25, 0.3) is 0 Å². The predicted octanol–water partition coefficient (Wildman–Crippen LogP) is 3.41. The van der Waals surface area contributed by atoms with Gasteiger partial charge in [-0.15, -0.1) is 0 Å². The first kappa shape index (κ1) is 10.6. The van der Waals surface area contributed by atoms with E-state index in [0.29, 0.717) is 0 Å². The van der Waals surface area contributed by atoms with Crippen molar-refractivity contribution in [2.45, 2.75) is 13.8 Å². The maximum Gasteiger partial charge on any atom is 0.0971 e. The maximum atomic E-state index is 4.37. The molecule has 0 bridgehead atoms. The Bertz CT molecular complexity index is 533. The lowest BCUT2D eigenvalue weighted by molar-refractivity contribution is 1.15. The van der Waals surface area contributed by atoms with Crippen LogP contribution in [0.3, 0.4) is 0 Å². The van der Waals surface area contributed by atoms with E-state index in [-0.39, 0.29) is 0 Å². The van der Waals surface area contributed by atoms with Crippen molar-refractivity contribution in [3.63, 3.8) is 0 Å². The van der Waals surface area contributed by atoms with Gasteiger partial charge in [-0.05, 0) is 25.0 Å². The Morgan fingerprint density at radius 1 is 1.25 bits per heavy atom. The van der Waals surface area contributed by atoms with E-state index in [0.717, 1.165) is 33.7 Å². The molecule has 0 aliphatic heterocycles. The molecule has 2 rings (SSSR count). The van der Waals surface area contributed by atoms with Crippen molar-refractivity contribution in [2.24, 2.45) is 0 Å². The Morgan fingerprint density at radius 3 is 2.44 bits per heavy atom. The third-order valence-corrected chi connectivity index (χ3v) is 2.57. The van der Waals surface area contributed by atoms with Crippen LogP contribution in [0.25, 0.3) is 11.1 Å². The summed E-state index contributed by atoms with van der Waals surface area (Å²) in [4.78, 5) is 8.70. The largest absolute Gasteiger partial charge is 0.252 e. The molecule has 0 saturated heterocycles. The number of nitrogens with zero attached hydrogens (tertiary/aromatic N) is 2. The molecule has 16 heavy (non-hydrogen) atoms. The van der Waals surface area contributed by atoms with Crippen LogP contribution < -0.4 is 0 Å². The number of hydrogen-bond acceptors (Lipinski definition) is 2. The lowest BCUT2D eigenvalue weighted by atomic mass is 10.0. The van der Waals surface area contributed by atoms with E-state index in [9.17, 15) is 0 Å². The van der Waals surface area contributed by atoms with Crippen molar-refractivity contribution in [1.82, 2.24) is 9.97 Å². The molecule has 0 radical (unpaired) electrons. The molecule has 0 saturated carbocycles. The summed E-state index contributed by atoms with van der Waals surface area (Å²) < 4.78 is 0. The Balaban J connectivity index is 2.72. The Hall–Kier alpha value is -1.96. The van der Waals surface area contributed by atoms with E-state index >= 15 is 0 Å². The van der Waals surface area contributed by atoms with Crippen LogP contribution in [-0.2, 0) is 0 Å². The maximum absolute atomic E-state index is 4.37. The van der Waals surface area contributed by atoms with Gasteiger partial charge in [-0.3, -0.25) is 9.97 Å². The van der Waals surface area contributed by atoms with E-state index in [2.05, 4.69) is 23.1 Å². The van der Waals surface area contributed by atoms with Gasteiger partial charge in [-0.2, -0.15) is 0 Å². The summed E-state index contributed by atoms with van der Waals surface area (Å²) in [6, 6.07) is 0. The van der Waals surface area contributed by atoms with Crippen LogP contribution in [0, 0.1) is 0 Å². The van der Waals surface area contributed by atoms with Crippen LogP contribution in [-0.4, -0.2) is 9.97 Å². The van der Waals surface area contributed by atoms with Gasteiger partial charge in [0.05, 0.1) is 11.4 Å². The molecule has 0 N–H and O–H groups in total. The van der Waals surface area contributed by atoms with Crippen molar-refractivity contribution in [1.29, 1.82) is 0 Å². The first-order valence-electron chi connectivity index (χ1n) is 5.20. The number of allylic oxidation sites excluding steroid dienone is 6. The quantitative estimate of drug-likeness (QED) is 0.747. The third-order valence-electron chi connectivity index (χ3n) is 2.57. The molecule has 0 aromatic carbocycles. The summed E-state index contributed by atoms with van der Waals surface area (Å²) in [6.07, 6.45) is 7.43. The zero-order valence-electron chi connectivity index (χ0n) is 9.62. The van der Waals surface area contributed by atoms with E-state index in [1.165, 1.54) is 0 Å². The molecule has 1 aromatic rings. The first-order valence-corrected chi connectivity index (χ1v) is 5.20. The standard InChI is InChI=1S/C14H14N2/c1-5-6-11-12(9(2)3)10(4)13-14(11)16-8-7-15-13/h5-8H,2,4H2,1,3H3/b6-5-. The van der Waals surface area contributed by atoms with Crippen molar-refractivity contribution in [2.75, 3.05) is 0 Å². The second-order valence-corrected chi connectivity index (χ2v) is 3.80. The second-order valence-electron chi connectivity index (χ2n) is 3.80. The molecule has 80 valence electrons. The summed E-state index contributed by atoms with van der Waals surface area (Å²) in [5.74, 6) is 0. The van der Waals surface area contributed by atoms with Crippen LogP contribution in [0.15, 0.2) is 48.8 Å². The summed E-state index contributed by atoms with van der Waals surface area (Å²) in [6.45, 7) is 12.0. The minimum absolute atomic E-state index is 0.869. The highest BCUT2D eigenvalue weighted by Gasteiger charge is 2.25. The number of fused-ring (bicyclic) bond motifs is 1. The molecule has 0 atom stereocenters. The number of hydrogen-bond donors (Lipinski definition) is 0. The summed E-state index contributed by atoms with van der Waals surface area (Å²) in [7, 11) is 0. The molecular weight excluding hydrogens is 196 g/mol. The van der Waals surface area contributed by atoms with Crippen molar-refractivity contribution < 1.29 is 0 Å². The molecule has 1 aliphatic carbocycles. The second kappa shape index (κ2) is 3.89. The zero-order valence-corrected chi connectivity index (χ0v) is 9.62. The van der Waals surface area contributed by atoms with E-state index in [1.54, 1.807) is 12.4 Å². The molecule has 0 fully saturated rings. The monoisotopic (exact) mass is 210 g/mol. The lowest BCUT2D eigenvalue weighted by Crippen LogP contribution is -1.90. The fraction of sp³-hybridized carbons (Fsp3) is 0.143. The number of rotatable bonds is 2. The number of aromatic nitrogens is 2. The van der Waals surface area contributed by atoms with Gasteiger partial charge < -0.3 is 0 Å². The van der Waals surface area contributed by atoms with Gasteiger partial charge in [-0.25, -0.2) is 0 Å². The minimum atomic E-state index is 0.869. The van der Waals surface area contributed by atoms with Crippen molar-refractivity contribution >= 4 is 11.1 Å². The minimum Gasteiger partial charge on any atom is -0.252 e. The average molecular weight is 210 g/mol. The van der Waals surface area contributed by atoms with Crippen LogP contribution in [0.2, 0.25) is 0 Å². The van der Waals surface area contributed by atoms with Crippen LogP contribution >= 0.6 is 0 Å². The Morgan fingerprint density at radius 2 is 1.88 bits per heavy atom. The first-order chi connectivity index (χ1) is 7.66. The smallest absolute Gasteiger partial charge is 0.0971 e. The third kappa shape index (κ3) is 1.43. The highest BCUT2D eigenvalue weighted by atomic mass is 14.8. The average Bonchev–Trinajstić information content (AvgIpc) is 2.54. The topological polar surface area (TPSA) is 25.8 Å². The van der Waals surface area contributed by atoms with Crippen molar-refractivity contribution in [3.05, 3.63) is 60.2 Å². The van der Waals surface area contributed by atoms with Gasteiger partial charge in [0, 0.05) is 23.5 Å². The summed E-state index contributed by atoms with van der Waals surface area (Å²) >= 11 is 0. The van der Waals surface area contributed by atoms with E-state index in [4.69, 9.17) is 0 Å². The highest BCUT2D eigenvalue weighted by molar-refractivity contribution is 6.02. The van der Waals surface area contributed by atoms with Gasteiger partial charge in [0.2, 0.25) is 0 Å². The Kier molecular flexibility index (Phi) is 2.57. The molecule has 1 aromatic heterocycles. The van der Waals surface area contributed by atoms with Gasteiger partial charge in [0.1, 0.15) is 0 Å². The fourth-order valence-electron chi connectivity index (χ4n) is 1.97. The molecule has 0 amide bonds. The highest BCUT2D eigenvalue weighted by Crippen LogP contribution is 2.41. The van der Waals surface area contributed by atoms with Crippen LogP contribution in [0.1, 0.15) is 25.2 Å². The van der Waals surface area contributed by atoms with E-state index in [1.807, 2.05) is 26.0 Å². The molecular formula is C14H14N2. The molecule has 0 unspecified atom stereocenters.